The maximum atomic E-state index is 12.7. The molecule has 134 valence electrons. The summed E-state index contributed by atoms with van der Waals surface area (Å²) in [6.45, 7) is 6.06. The Morgan fingerprint density at radius 3 is 2.50 bits per heavy atom. The molecule has 26 heavy (non-hydrogen) atoms. The largest absolute Gasteiger partial charge is 0.372 e. The highest BCUT2D eigenvalue weighted by atomic mass is 16.5. The van der Waals surface area contributed by atoms with Gasteiger partial charge < -0.3 is 20.5 Å². The number of hydrogen-bond acceptors (Lipinski definition) is 6. The summed E-state index contributed by atoms with van der Waals surface area (Å²) in [5.41, 5.74) is 8.60. The minimum atomic E-state index is -0.389. The van der Waals surface area contributed by atoms with Crippen molar-refractivity contribution in [2.45, 2.75) is 13.8 Å². The Labute approximate surface area is 151 Å². The van der Waals surface area contributed by atoms with Gasteiger partial charge >= 0.3 is 0 Å². The summed E-state index contributed by atoms with van der Waals surface area (Å²) in [6, 6.07) is 13.0. The highest BCUT2D eigenvalue weighted by Crippen LogP contribution is 2.27. The predicted molar refractivity (Wildman–Crippen MR) is 102 cm³/mol. The smallest absolute Gasteiger partial charge is 0.263 e. The molecule has 0 saturated carbocycles. The average Bonchev–Trinajstić information content (AvgIpc) is 3.06. The fraction of sp³-hybridized carbons (Fsp3) is 0.211. The summed E-state index contributed by atoms with van der Waals surface area (Å²) in [5.74, 6) is -0.428. The number of carbonyl (C=O) groups excluding carboxylic acids is 1. The molecule has 2 aromatic heterocycles. The van der Waals surface area contributed by atoms with Crippen LogP contribution in [0.5, 0.6) is 0 Å². The molecule has 0 aliphatic heterocycles. The molecule has 2 heterocycles. The van der Waals surface area contributed by atoms with Crippen molar-refractivity contribution in [2.75, 3.05) is 29.0 Å². The van der Waals surface area contributed by atoms with Gasteiger partial charge in [-0.1, -0.05) is 11.2 Å². The number of carbonyl (C=O) groups is 1. The second-order valence-corrected chi connectivity index (χ2v) is 5.66. The Hall–Kier alpha value is -3.35. The zero-order chi connectivity index (χ0) is 18.5. The van der Waals surface area contributed by atoms with E-state index < -0.39 is 0 Å². The van der Waals surface area contributed by atoms with Crippen molar-refractivity contribution in [1.29, 1.82) is 0 Å². The second kappa shape index (κ2) is 7.69. The number of nitrogens with two attached hydrogens (primary N) is 1. The van der Waals surface area contributed by atoms with Crippen molar-refractivity contribution in [3.05, 3.63) is 54.2 Å². The second-order valence-electron chi connectivity index (χ2n) is 5.66. The lowest BCUT2D eigenvalue weighted by Gasteiger charge is -2.21. The van der Waals surface area contributed by atoms with Crippen LogP contribution >= 0.6 is 0 Å². The first-order valence-electron chi connectivity index (χ1n) is 8.47. The van der Waals surface area contributed by atoms with Gasteiger partial charge in [-0.25, -0.2) is 0 Å². The van der Waals surface area contributed by atoms with Gasteiger partial charge in [0.2, 0.25) is 5.88 Å². The molecule has 0 aliphatic carbocycles. The molecular formula is C19H21N5O2. The molecule has 0 unspecified atom stereocenters. The first kappa shape index (κ1) is 17.5. The lowest BCUT2D eigenvalue weighted by Crippen LogP contribution is -2.21. The lowest BCUT2D eigenvalue weighted by atomic mass is 10.1. The number of pyridine rings is 1. The number of amides is 1. The van der Waals surface area contributed by atoms with Gasteiger partial charge in [0.05, 0.1) is 5.69 Å². The predicted octanol–water partition coefficient (Wildman–Crippen LogP) is 3.42. The van der Waals surface area contributed by atoms with Crippen molar-refractivity contribution in [2.24, 2.45) is 0 Å². The molecule has 3 aromatic rings. The van der Waals surface area contributed by atoms with E-state index >= 15 is 0 Å². The Morgan fingerprint density at radius 2 is 1.88 bits per heavy atom. The van der Waals surface area contributed by atoms with Gasteiger partial charge in [-0.15, -0.1) is 0 Å². The average molecular weight is 351 g/mol. The molecular weight excluding hydrogens is 330 g/mol. The molecule has 7 nitrogen and oxygen atoms in total. The molecule has 0 bridgehead atoms. The van der Waals surface area contributed by atoms with Crippen LogP contribution in [0.25, 0.3) is 11.4 Å². The summed E-state index contributed by atoms with van der Waals surface area (Å²) in [5, 5.41) is 6.71. The molecule has 0 radical (unpaired) electrons. The molecule has 3 rings (SSSR count). The minimum absolute atomic E-state index is 0.0390. The number of nitrogen functional groups attached to an aromatic ring is 1. The van der Waals surface area contributed by atoms with E-state index in [0.29, 0.717) is 17.1 Å². The summed E-state index contributed by atoms with van der Waals surface area (Å²) >= 11 is 0. The highest BCUT2D eigenvalue weighted by molar-refractivity contribution is 6.10. The first-order valence-corrected chi connectivity index (χ1v) is 8.47. The molecule has 1 aromatic carbocycles. The normalized spacial score (nSPS) is 10.5. The third kappa shape index (κ3) is 3.51. The number of nitrogens with one attached hydrogen (secondary N) is 1. The third-order valence-electron chi connectivity index (χ3n) is 4.11. The first-order chi connectivity index (χ1) is 12.6. The molecule has 1 amide bonds. The van der Waals surface area contributed by atoms with Crippen LogP contribution in [-0.4, -0.2) is 29.1 Å². The van der Waals surface area contributed by atoms with Gasteiger partial charge in [0, 0.05) is 30.7 Å². The van der Waals surface area contributed by atoms with Crippen molar-refractivity contribution in [3.63, 3.8) is 0 Å². The number of rotatable bonds is 6. The highest BCUT2D eigenvalue weighted by Gasteiger charge is 2.23. The topological polar surface area (TPSA) is 97.3 Å². The number of benzene rings is 1. The zero-order valence-electron chi connectivity index (χ0n) is 14.8. The molecule has 0 atom stereocenters. The maximum Gasteiger partial charge on any atom is 0.263 e. The number of hydrogen-bond donors (Lipinski definition) is 2. The number of aromatic nitrogens is 2. The molecule has 0 saturated heterocycles. The summed E-state index contributed by atoms with van der Waals surface area (Å²) in [7, 11) is 0. The van der Waals surface area contributed by atoms with Crippen LogP contribution in [0, 0.1) is 0 Å². The van der Waals surface area contributed by atoms with Crippen molar-refractivity contribution in [3.8, 4) is 11.4 Å². The Bertz CT molecular complexity index is 871. The molecule has 0 fully saturated rings. The van der Waals surface area contributed by atoms with Crippen LogP contribution in [0.1, 0.15) is 24.2 Å². The standard InChI is InChI=1S/C19H21N5O2/c1-3-24(4-2)14-10-8-13(9-11-14)22-19(25)16-17(23-26-18(16)20)15-7-5-6-12-21-15/h5-12H,3-4,20H2,1-2H3,(H,22,25). The van der Waals surface area contributed by atoms with Gasteiger partial charge in [-0.05, 0) is 50.2 Å². The van der Waals surface area contributed by atoms with Crippen molar-refractivity contribution < 1.29 is 9.32 Å². The van der Waals surface area contributed by atoms with E-state index in [1.54, 1.807) is 24.4 Å². The van der Waals surface area contributed by atoms with E-state index in [1.165, 1.54) is 0 Å². The van der Waals surface area contributed by atoms with E-state index in [4.69, 9.17) is 10.3 Å². The molecule has 3 N–H and O–H groups in total. The Morgan fingerprint density at radius 1 is 1.15 bits per heavy atom. The van der Waals surface area contributed by atoms with Crippen LogP contribution < -0.4 is 16.0 Å². The Balaban J connectivity index is 1.82. The van der Waals surface area contributed by atoms with Crippen LogP contribution in [0.2, 0.25) is 0 Å². The van der Waals surface area contributed by atoms with Crippen LogP contribution in [-0.2, 0) is 0 Å². The van der Waals surface area contributed by atoms with Crippen molar-refractivity contribution in [1.82, 2.24) is 10.1 Å². The van der Waals surface area contributed by atoms with E-state index in [1.807, 2.05) is 24.3 Å². The Kier molecular flexibility index (Phi) is 5.17. The summed E-state index contributed by atoms with van der Waals surface area (Å²) in [4.78, 5) is 19.1. The van der Waals surface area contributed by atoms with Gasteiger partial charge in [-0.3, -0.25) is 9.78 Å². The summed E-state index contributed by atoms with van der Waals surface area (Å²) < 4.78 is 5.01. The van der Waals surface area contributed by atoms with Gasteiger partial charge in [0.25, 0.3) is 5.91 Å². The third-order valence-corrected chi connectivity index (χ3v) is 4.11. The monoisotopic (exact) mass is 351 g/mol. The SMILES string of the molecule is CCN(CC)c1ccc(NC(=O)c2c(-c3ccccn3)noc2N)cc1. The van der Waals surface area contributed by atoms with Gasteiger partial charge in [0.15, 0.2) is 0 Å². The van der Waals surface area contributed by atoms with Gasteiger partial charge in [0.1, 0.15) is 11.3 Å². The number of anilines is 3. The fourth-order valence-electron chi connectivity index (χ4n) is 2.74. The lowest BCUT2D eigenvalue weighted by molar-refractivity contribution is 0.102. The van der Waals surface area contributed by atoms with Crippen molar-refractivity contribution >= 4 is 23.2 Å². The van der Waals surface area contributed by atoms with E-state index in [9.17, 15) is 4.79 Å². The zero-order valence-corrected chi connectivity index (χ0v) is 14.8. The maximum absolute atomic E-state index is 12.7. The number of nitrogens with zero attached hydrogens (tertiary/aromatic N) is 3. The summed E-state index contributed by atoms with van der Waals surface area (Å²) in [6.07, 6.45) is 1.62. The minimum Gasteiger partial charge on any atom is -0.372 e. The van der Waals surface area contributed by atoms with Crippen LogP contribution in [0.4, 0.5) is 17.3 Å². The van der Waals surface area contributed by atoms with E-state index in [-0.39, 0.29) is 17.4 Å². The molecule has 7 heteroatoms. The fourth-order valence-corrected chi connectivity index (χ4v) is 2.74. The molecule has 0 aliphatic rings. The van der Waals surface area contributed by atoms with Gasteiger partial charge in [-0.2, -0.15) is 0 Å². The quantitative estimate of drug-likeness (QED) is 0.706. The van der Waals surface area contributed by atoms with E-state index in [0.717, 1.165) is 18.8 Å². The van der Waals surface area contributed by atoms with Crippen LogP contribution in [0.3, 0.4) is 0 Å². The molecule has 0 spiro atoms. The van der Waals surface area contributed by atoms with Crippen LogP contribution in [0.15, 0.2) is 53.2 Å². The van der Waals surface area contributed by atoms with E-state index in [2.05, 4.69) is 34.2 Å².